The highest BCUT2D eigenvalue weighted by atomic mass is 16.6. The smallest absolute Gasteiger partial charge is 0.345 e. The van der Waals surface area contributed by atoms with Crippen molar-refractivity contribution in [1.29, 1.82) is 0 Å². The maximum absolute atomic E-state index is 11.8. The second kappa shape index (κ2) is 9.30. The minimum atomic E-state index is -0.759. The molecule has 2 heterocycles. The van der Waals surface area contributed by atoms with Crippen molar-refractivity contribution in [3.63, 3.8) is 0 Å². The van der Waals surface area contributed by atoms with Crippen LogP contribution < -0.4 is 10.6 Å². The van der Waals surface area contributed by atoms with E-state index in [1.165, 1.54) is 13.2 Å². The predicted molar refractivity (Wildman–Crippen MR) is 97.4 cm³/mol. The number of carbonyl (C=O) groups excluding carboxylic acids is 1. The van der Waals surface area contributed by atoms with Crippen molar-refractivity contribution in [2.24, 2.45) is 0 Å². The average Bonchev–Trinajstić information content (AvgIpc) is 2.63. The van der Waals surface area contributed by atoms with Gasteiger partial charge in [-0.2, -0.15) is 0 Å². The van der Waals surface area contributed by atoms with Crippen LogP contribution >= 0.6 is 0 Å². The van der Waals surface area contributed by atoms with E-state index in [-0.39, 0.29) is 17.1 Å². The topological polar surface area (TPSA) is 119 Å². The van der Waals surface area contributed by atoms with Crippen molar-refractivity contribution in [2.75, 3.05) is 30.8 Å². The van der Waals surface area contributed by atoms with E-state index in [4.69, 9.17) is 0 Å². The van der Waals surface area contributed by atoms with Gasteiger partial charge in [-0.3, -0.25) is 10.1 Å². The van der Waals surface area contributed by atoms with Crippen LogP contribution in [0.4, 0.5) is 17.3 Å². The van der Waals surface area contributed by atoms with Crippen LogP contribution in [0.25, 0.3) is 0 Å². The number of ether oxygens (including phenoxy) is 1. The van der Waals surface area contributed by atoms with Gasteiger partial charge in [0.05, 0.1) is 12.0 Å². The number of pyridine rings is 2. The first-order chi connectivity index (χ1) is 12.5. The van der Waals surface area contributed by atoms with Crippen LogP contribution in [0.1, 0.15) is 28.9 Å². The van der Waals surface area contributed by atoms with Gasteiger partial charge in [0, 0.05) is 25.0 Å². The number of methoxy groups -OCH3 is 1. The Morgan fingerprint density at radius 2 is 2.00 bits per heavy atom. The molecule has 0 aliphatic heterocycles. The first kappa shape index (κ1) is 19.1. The molecule has 2 aromatic rings. The molecule has 0 spiro atoms. The van der Waals surface area contributed by atoms with Crippen molar-refractivity contribution in [1.82, 2.24) is 9.97 Å². The van der Waals surface area contributed by atoms with Crippen molar-refractivity contribution in [3.05, 3.63) is 51.8 Å². The molecule has 0 unspecified atom stereocenters. The standard InChI is InChI=1S/C17H21N5O4/c1-12-11-13(17(23)26-2)15(22(24)25)16(21-12)20-10-6-5-9-19-14-7-3-4-8-18-14/h3-4,7-8,11H,5-6,9-10H2,1-2H3,(H,18,19)(H,20,21). The quantitative estimate of drug-likeness (QED) is 0.303. The second-order valence-corrected chi connectivity index (χ2v) is 5.53. The Hall–Kier alpha value is -3.23. The average molecular weight is 359 g/mol. The Morgan fingerprint density at radius 1 is 1.27 bits per heavy atom. The maximum atomic E-state index is 11.8. The fourth-order valence-corrected chi connectivity index (χ4v) is 2.38. The number of hydrogen-bond acceptors (Lipinski definition) is 8. The molecule has 138 valence electrons. The van der Waals surface area contributed by atoms with Gasteiger partial charge in [0.15, 0.2) is 0 Å². The van der Waals surface area contributed by atoms with E-state index in [1.807, 2.05) is 18.2 Å². The van der Waals surface area contributed by atoms with Crippen molar-refractivity contribution < 1.29 is 14.5 Å². The van der Waals surface area contributed by atoms with Gasteiger partial charge in [-0.05, 0) is 38.0 Å². The van der Waals surface area contributed by atoms with E-state index in [9.17, 15) is 14.9 Å². The minimum absolute atomic E-state index is 0.0769. The van der Waals surface area contributed by atoms with Crippen LogP contribution in [0.3, 0.4) is 0 Å². The molecule has 0 amide bonds. The fraction of sp³-hybridized carbons (Fsp3) is 0.353. The van der Waals surface area contributed by atoms with Gasteiger partial charge in [-0.15, -0.1) is 0 Å². The zero-order chi connectivity index (χ0) is 18.9. The minimum Gasteiger partial charge on any atom is -0.465 e. The molecule has 0 aromatic carbocycles. The van der Waals surface area contributed by atoms with E-state index < -0.39 is 10.9 Å². The van der Waals surface area contributed by atoms with Crippen molar-refractivity contribution in [3.8, 4) is 0 Å². The molecule has 0 aliphatic rings. The Labute approximate surface area is 151 Å². The van der Waals surface area contributed by atoms with Crippen LogP contribution in [0.2, 0.25) is 0 Å². The monoisotopic (exact) mass is 359 g/mol. The first-order valence-corrected chi connectivity index (χ1v) is 8.16. The van der Waals surface area contributed by atoms with Gasteiger partial charge in [-0.1, -0.05) is 6.07 Å². The van der Waals surface area contributed by atoms with Crippen LogP contribution in [-0.2, 0) is 4.74 Å². The van der Waals surface area contributed by atoms with Gasteiger partial charge in [0.25, 0.3) is 0 Å². The lowest BCUT2D eigenvalue weighted by atomic mass is 10.2. The van der Waals surface area contributed by atoms with E-state index in [1.54, 1.807) is 13.1 Å². The van der Waals surface area contributed by atoms with Crippen LogP contribution in [0.15, 0.2) is 30.5 Å². The summed E-state index contributed by atoms with van der Waals surface area (Å²) in [5.41, 5.74) is 0.0219. The third kappa shape index (κ3) is 5.13. The summed E-state index contributed by atoms with van der Waals surface area (Å²) in [4.78, 5) is 30.9. The highest BCUT2D eigenvalue weighted by Crippen LogP contribution is 2.28. The number of carbonyl (C=O) groups is 1. The number of unbranched alkanes of at least 4 members (excludes halogenated alkanes) is 1. The van der Waals surface area contributed by atoms with Crippen LogP contribution in [0.5, 0.6) is 0 Å². The number of hydrogen-bond donors (Lipinski definition) is 2. The highest BCUT2D eigenvalue weighted by Gasteiger charge is 2.27. The summed E-state index contributed by atoms with van der Waals surface area (Å²) < 4.78 is 4.62. The molecule has 0 aliphatic carbocycles. The summed E-state index contributed by atoms with van der Waals surface area (Å²) in [6.07, 6.45) is 3.32. The second-order valence-electron chi connectivity index (χ2n) is 5.53. The summed E-state index contributed by atoms with van der Waals surface area (Å²) in [5.74, 6) is 0.122. The molecule has 0 radical (unpaired) electrons. The highest BCUT2D eigenvalue weighted by molar-refractivity contribution is 5.96. The Bertz CT molecular complexity index is 767. The molecule has 0 saturated carbocycles. The summed E-state index contributed by atoms with van der Waals surface area (Å²) in [7, 11) is 1.18. The lowest BCUT2D eigenvalue weighted by Crippen LogP contribution is -2.13. The maximum Gasteiger partial charge on any atom is 0.345 e. The Balaban J connectivity index is 1.93. The van der Waals surface area contributed by atoms with Gasteiger partial charge in [0.1, 0.15) is 11.4 Å². The number of rotatable bonds is 9. The molecule has 0 saturated heterocycles. The molecule has 26 heavy (non-hydrogen) atoms. The number of nitrogens with one attached hydrogen (secondary N) is 2. The van der Waals surface area contributed by atoms with E-state index in [2.05, 4.69) is 25.3 Å². The normalized spacial score (nSPS) is 10.2. The number of anilines is 2. The lowest BCUT2D eigenvalue weighted by molar-refractivity contribution is -0.384. The number of nitrogens with zero attached hydrogens (tertiary/aromatic N) is 3. The number of aryl methyl sites for hydroxylation is 1. The molecule has 0 bridgehead atoms. The summed E-state index contributed by atoms with van der Waals surface area (Å²) >= 11 is 0. The molecule has 9 heteroatoms. The largest absolute Gasteiger partial charge is 0.465 e. The third-order valence-electron chi connectivity index (χ3n) is 3.58. The van der Waals surface area contributed by atoms with E-state index in [0.717, 1.165) is 25.2 Å². The van der Waals surface area contributed by atoms with Gasteiger partial charge < -0.3 is 15.4 Å². The van der Waals surface area contributed by atoms with E-state index in [0.29, 0.717) is 12.2 Å². The predicted octanol–water partition coefficient (Wildman–Crippen LogP) is 2.78. The zero-order valence-electron chi connectivity index (χ0n) is 14.7. The number of nitro groups is 1. The van der Waals surface area contributed by atoms with Crippen molar-refractivity contribution >= 4 is 23.3 Å². The summed E-state index contributed by atoms with van der Waals surface area (Å²) in [5, 5.41) is 17.5. The summed E-state index contributed by atoms with van der Waals surface area (Å²) in [6, 6.07) is 6.98. The summed E-state index contributed by atoms with van der Waals surface area (Å²) in [6.45, 7) is 2.88. The van der Waals surface area contributed by atoms with Crippen molar-refractivity contribution in [2.45, 2.75) is 19.8 Å². The SMILES string of the molecule is COC(=O)c1cc(C)nc(NCCCCNc2ccccn2)c1[N+](=O)[O-]. The van der Waals surface area contributed by atoms with Crippen LogP contribution in [-0.4, -0.2) is 41.1 Å². The molecular weight excluding hydrogens is 338 g/mol. The molecule has 0 atom stereocenters. The zero-order valence-corrected chi connectivity index (χ0v) is 14.7. The first-order valence-electron chi connectivity index (χ1n) is 8.16. The van der Waals surface area contributed by atoms with Gasteiger partial charge >= 0.3 is 11.7 Å². The molecule has 2 aromatic heterocycles. The fourth-order valence-electron chi connectivity index (χ4n) is 2.38. The third-order valence-corrected chi connectivity index (χ3v) is 3.58. The number of aromatic nitrogens is 2. The lowest BCUT2D eigenvalue weighted by Gasteiger charge is -2.10. The van der Waals surface area contributed by atoms with Gasteiger partial charge in [0.2, 0.25) is 5.82 Å². The Morgan fingerprint density at radius 3 is 2.62 bits per heavy atom. The molecular formula is C17H21N5O4. The van der Waals surface area contributed by atoms with E-state index >= 15 is 0 Å². The Kier molecular flexibility index (Phi) is 6.84. The molecule has 2 N–H and O–H groups in total. The van der Waals surface area contributed by atoms with Crippen LogP contribution in [0, 0.1) is 17.0 Å². The molecule has 0 fully saturated rings. The number of esters is 1. The van der Waals surface area contributed by atoms with Gasteiger partial charge in [-0.25, -0.2) is 14.8 Å². The molecule has 2 rings (SSSR count). The molecule has 9 nitrogen and oxygen atoms in total.